The fourth-order valence-electron chi connectivity index (χ4n) is 2.39. The molecule has 1 aliphatic rings. The number of nitro benzene ring substituents is 1. The van der Waals surface area contributed by atoms with Crippen LogP contribution in [0.25, 0.3) is 0 Å². The summed E-state index contributed by atoms with van der Waals surface area (Å²) in [7, 11) is 0. The van der Waals surface area contributed by atoms with Gasteiger partial charge in [0.15, 0.2) is 0 Å². The van der Waals surface area contributed by atoms with Crippen LogP contribution in [0, 0.1) is 10.1 Å². The van der Waals surface area contributed by atoms with Crippen molar-refractivity contribution in [2.45, 2.75) is 25.1 Å². The molecule has 3 N–H and O–H groups in total. The van der Waals surface area contributed by atoms with Gasteiger partial charge in [-0.25, -0.2) is 0 Å². The molecule has 0 radical (unpaired) electrons. The molecular weight excluding hydrogens is 276 g/mol. The van der Waals surface area contributed by atoms with Gasteiger partial charge >= 0.3 is 0 Å². The van der Waals surface area contributed by atoms with Gasteiger partial charge in [-0.3, -0.25) is 20.9 Å². The Kier molecular flexibility index (Phi) is 5.22. The number of nitrogens with two attached hydrogens (primary N) is 1. The highest BCUT2D eigenvalue weighted by molar-refractivity contribution is 8.00. The van der Waals surface area contributed by atoms with E-state index in [0.717, 1.165) is 31.0 Å². The molecule has 1 saturated heterocycles. The molecule has 0 spiro atoms. The highest BCUT2D eigenvalue weighted by atomic mass is 32.2. The van der Waals surface area contributed by atoms with Crippen LogP contribution in [-0.2, 0) is 6.54 Å². The van der Waals surface area contributed by atoms with Crippen LogP contribution in [0.4, 0.5) is 11.4 Å². The van der Waals surface area contributed by atoms with E-state index in [4.69, 9.17) is 5.84 Å². The summed E-state index contributed by atoms with van der Waals surface area (Å²) in [5.41, 5.74) is 3.83. The summed E-state index contributed by atoms with van der Waals surface area (Å²) >= 11 is 2.03. The molecule has 1 aromatic rings. The number of benzene rings is 1. The van der Waals surface area contributed by atoms with Crippen molar-refractivity contribution >= 4 is 23.1 Å². The van der Waals surface area contributed by atoms with E-state index in [0.29, 0.717) is 10.9 Å². The second-order valence-corrected chi connectivity index (χ2v) is 6.30. The van der Waals surface area contributed by atoms with Crippen molar-refractivity contribution in [1.29, 1.82) is 0 Å². The van der Waals surface area contributed by atoms with Crippen LogP contribution in [0.15, 0.2) is 18.2 Å². The quantitative estimate of drug-likeness (QED) is 0.492. The first-order valence-electron chi connectivity index (χ1n) is 6.72. The number of thioether (sulfide) groups is 1. The normalized spacial score (nSPS) is 19.8. The molecule has 110 valence electrons. The summed E-state index contributed by atoms with van der Waals surface area (Å²) < 4.78 is 0. The van der Waals surface area contributed by atoms with E-state index in [9.17, 15) is 10.1 Å². The third-order valence-corrected chi connectivity index (χ3v) is 4.87. The Balaban J connectivity index is 2.07. The number of nitro groups is 1. The average molecular weight is 296 g/mol. The van der Waals surface area contributed by atoms with Gasteiger partial charge in [-0.1, -0.05) is 13.0 Å². The topological polar surface area (TPSA) is 84.4 Å². The molecule has 0 saturated carbocycles. The summed E-state index contributed by atoms with van der Waals surface area (Å²) in [4.78, 5) is 12.8. The number of hydrazine groups is 1. The maximum absolute atomic E-state index is 10.9. The third-order valence-electron chi connectivity index (χ3n) is 3.50. The summed E-state index contributed by atoms with van der Waals surface area (Å²) in [5, 5.41) is 11.5. The molecule has 0 amide bonds. The molecule has 0 aromatic heterocycles. The number of anilines is 1. The van der Waals surface area contributed by atoms with Gasteiger partial charge in [-0.05, 0) is 18.1 Å². The van der Waals surface area contributed by atoms with E-state index < -0.39 is 4.92 Å². The van der Waals surface area contributed by atoms with Crippen LogP contribution in [-0.4, -0.2) is 33.9 Å². The van der Waals surface area contributed by atoms with Gasteiger partial charge in [-0.15, -0.1) is 0 Å². The third kappa shape index (κ3) is 3.62. The van der Waals surface area contributed by atoms with E-state index in [2.05, 4.69) is 17.2 Å². The number of nitrogens with zero attached hydrogens (tertiary/aromatic N) is 2. The van der Waals surface area contributed by atoms with Crippen molar-refractivity contribution in [2.75, 3.05) is 24.3 Å². The number of hydrogen-bond acceptors (Lipinski definition) is 6. The average Bonchev–Trinajstić information content (AvgIpc) is 2.47. The molecule has 1 aromatic carbocycles. The van der Waals surface area contributed by atoms with Crippen molar-refractivity contribution < 1.29 is 4.92 Å². The van der Waals surface area contributed by atoms with Gasteiger partial charge in [0.1, 0.15) is 5.69 Å². The number of nitrogens with one attached hydrogen (secondary N) is 1. The Morgan fingerprint density at radius 2 is 2.40 bits per heavy atom. The SMILES string of the molecule is CCC1CN(Cc2ccc([N+](=O)[O-])c(NN)c2)CCS1. The first kappa shape index (κ1) is 15.1. The van der Waals surface area contributed by atoms with Crippen molar-refractivity contribution in [3.63, 3.8) is 0 Å². The van der Waals surface area contributed by atoms with Gasteiger partial charge < -0.3 is 5.43 Å². The van der Waals surface area contributed by atoms with Gasteiger partial charge in [0, 0.05) is 36.7 Å². The lowest BCUT2D eigenvalue weighted by Crippen LogP contribution is -2.37. The fraction of sp³-hybridized carbons (Fsp3) is 0.538. The Labute approximate surface area is 122 Å². The van der Waals surface area contributed by atoms with Crippen LogP contribution >= 0.6 is 11.8 Å². The van der Waals surface area contributed by atoms with Gasteiger partial charge in [-0.2, -0.15) is 11.8 Å². The van der Waals surface area contributed by atoms with Crippen molar-refractivity contribution in [2.24, 2.45) is 5.84 Å². The van der Waals surface area contributed by atoms with Crippen LogP contribution in [0.1, 0.15) is 18.9 Å². The Morgan fingerprint density at radius 1 is 1.60 bits per heavy atom. The maximum Gasteiger partial charge on any atom is 0.293 e. The molecule has 0 aliphatic carbocycles. The lowest BCUT2D eigenvalue weighted by Gasteiger charge is -2.31. The molecule has 0 bridgehead atoms. The Morgan fingerprint density at radius 3 is 3.05 bits per heavy atom. The summed E-state index contributed by atoms with van der Waals surface area (Å²) in [6.45, 7) is 5.15. The molecule has 1 aliphatic heterocycles. The van der Waals surface area contributed by atoms with E-state index >= 15 is 0 Å². The predicted molar refractivity (Wildman–Crippen MR) is 82.7 cm³/mol. The van der Waals surface area contributed by atoms with Crippen LogP contribution in [0.2, 0.25) is 0 Å². The van der Waals surface area contributed by atoms with Crippen LogP contribution in [0.3, 0.4) is 0 Å². The minimum atomic E-state index is -0.427. The number of hydrogen-bond donors (Lipinski definition) is 2. The molecule has 20 heavy (non-hydrogen) atoms. The van der Waals surface area contributed by atoms with Crippen molar-refractivity contribution in [3.8, 4) is 0 Å². The summed E-state index contributed by atoms with van der Waals surface area (Å²) in [6.07, 6.45) is 1.18. The zero-order valence-corrected chi connectivity index (χ0v) is 12.4. The zero-order chi connectivity index (χ0) is 14.5. The maximum atomic E-state index is 10.9. The second-order valence-electron chi connectivity index (χ2n) is 4.89. The molecule has 1 heterocycles. The van der Waals surface area contributed by atoms with Crippen LogP contribution < -0.4 is 11.3 Å². The van der Waals surface area contributed by atoms with Gasteiger partial charge in [0.05, 0.1) is 4.92 Å². The Bertz CT molecular complexity index is 483. The van der Waals surface area contributed by atoms with E-state index in [1.54, 1.807) is 6.07 Å². The Hall–Kier alpha value is -1.31. The molecule has 2 rings (SSSR count). The first-order chi connectivity index (χ1) is 9.63. The van der Waals surface area contributed by atoms with Gasteiger partial charge in [0.25, 0.3) is 5.69 Å². The molecule has 7 heteroatoms. The summed E-state index contributed by atoms with van der Waals surface area (Å²) in [6, 6.07) is 5.09. The highest BCUT2D eigenvalue weighted by Crippen LogP contribution is 2.27. The first-order valence-corrected chi connectivity index (χ1v) is 7.76. The molecule has 1 unspecified atom stereocenters. The largest absolute Gasteiger partial charge is 0.318 e. The van der Waals surface area contributed by atoms with Crippen molar-refractivity contribution in [1.82, 2.24) is 4.90 Å². The van der Waals surface area contributed by atoms with E-state index in [1.165, 1.54) is 12.5 Å². The van der Waals surface area contributed by atoms with Crippen LogP contribution in [0.5, 0.6) is 0 Å². The molecular formula is C13H20N4O2S. The van der Waals surface area contributed by atoms with Gasteiger partial charge in [0.2, 0.25) is 0 Å². The minimum Gasteiger partial charge on any atom is -0.318 e. The lowest BCUT2D eigenvalue weighted by molar-refractivity contribution is -0.384. The smallest absolute Gasteiger partial charge is 0.293 e. The monoisotopic (exact) mass is 296 g/mol. The zero-order valence-electron chi connectivity index (χ0n) is 11.5. The second kappa shape index (κ2) is 6.92. The van der Waals surface area contributed by atoms with E-state index in [1.807, 2.05) is 17.8 Å². The number of rotatable bonds is 5. The molecule has 1 atom stereocenters. The van der Waals surface area contributed by atoms with Crippen molar-refractivity contribution in [3.05, 3.63) is 33.9 Å². The molecule has 6 nitrogen and oxygen atoms in total. The predicted octanol–water partition coefficient (Wildman–Crippen LogP) is 2.21. The van der Waals surface area contributed by atoms with E-state index in [-0.39, 0.29) is 5.69 Å². The molecule has 1 fully saturated rings. The summed E-state index contributed by atoms with van der Waals surface area (Å²) in [5.74, 6) is 6.51. The number of nitrogen functional groups attached to an aromatic ring is 1. The fourth-order valence-corrected chi connectivity index (χ4v) is 3.63. The lowest BCUT2D eigenvalue weighted by atomic mass is 10.1. The standard InChI is InChI=1S/C13H20N4O2S/c1-2-11-9-16(5-6-20-11)8-10-3-4-13(17(18)19)12(7-10)15-14/h3-4,7,11,15H,2,5-6,8-9,14H2,1H3. The highest BCUT2D eigenvalue weighted by Gasteiger charge is 2.20. The minimum absolute atomic E-state index is 0.0110.